The molecule has 3 aromatic rings. The molecule has 2 heterocycles. The number of phenols is 1. The van der Waals surface area contributed by atoms with E-state index in [1.54, 1.807) is 24.3 Å². The van der Waals surface area contributed by atoms with Gasteiger partial charge in [-0.3, -0.25) is 9.59 Å². The summed E-state index contributed by atoms with van der Waals surface area (Å²) in [4.78, 5) is 26.4. The number of amides is 1. The fraction of sp³-hybridized carbons (Fsp3) is 0.286. The molecule has 196 valence electrons. The van der Waals surface area contributed by atoms with Gasteiger partial charge in [-0.1, -0.05) is 6.07 Å². The number of rotatable bonds is 5. The van der Waals surface area contributed by atoms with Crippen molar-refractivity contribution in [3.8, 4) is 28.7 Å². The van der Waals surface area contributed by atoms with Crippen LogP contribution in [0, 0.1) is 17.7 Å². The molecule has 0 aromatic heterocycles. The molecule has 38 heavy (non-hydrogen) atoms. The van der Waals surface area contributed by atoms with Crippen molar-refractivity contribution in [2.75, 3.05) is 27.6 Å². The Kier molecular flexibility index (Phi) is 5.74. The van der Waals surface area contributed by atoms with Crippen LogP contribution in [0.1, 0.15) is 39.0 Å². The number of halogens is 1. The molecule has 2 aliphatic heterocycles. The van der Waals surface area contributed by atoms with Gasteiger partial charge < -0.3 is 34.1 Å². The maximum Gasteiger partial charge on any atom is 0.310 e. The summed E-state index contributed by atoms with van der Waals surface area (Å²) in [6.07, 6.45) is 0. The van der Waals surface area contributed by atoms with Crippen molar-refractivity contribution in [1.82, 2.24) is 5.32 Å². The molecule has 0 spiro atoms. The normalized spacial score (nSPS) is 22.8. The van der Waals surface area contributed by atoms with Gasteiger partial charge in [-0.05, 0) is 59.2 Å². The van der Waals surface area contributed by atoms with Crippen molar-refractivity contribution < 1.29 is 42.8 Å². The third kappa shape index (κ3) is 3.75. The summed E-state index contributed by atoms with van der Waals surface area (Å²) < 4.78 is 41.4. The van der Waals surface area contributed by atoms with Crippen molar-refractivity contribution in [3.05, 3.63) is 76.6 Å². The SMILES string of the molecule is COc1cc([C@@H]2c3cc4c(cc3[C@@H](NC(=O)c3cccc(F)c3)C3COC(=O)[C@@H]32)OCO4)cc(OC)c1O. The largest absolute Gasteiger partial charge is 0.502 e. The topological polar surface area (TPSA) is 113 Å². The van der Waals surface area contributed by atoms with Crippen LogP contribution in [0.2, 0.25) is 0 Å². The molecule has 0 saturated carbocycles. The average molecular weight is 521 g/mol. The molecule has 0 bridgehead atoms. The van der Waals surface area contributed by atoms with Crippen molar-refractivity contribution >= 4 is 11.9 Å². The molecule has 3 aromatic carbocycles. The number of hydrogen-bond acceptors (Lipinski definition) is 8. The predicted octanol–water partition coefficient (Wildman–Crippen LogP) is 3.68. The molecule has 0 radical (unpaired) electrons. The Hall–Kier alpha value is -4.47. The van der Waals surface area contributed by atoms with Crippen molar-refractivity contribution in [3.63, 3.8) is 0 Å². The van der Waals surface area contributed by atoms with Crippen molar-refractivity contribution in [2.24, 2.45) is 11.8 Å². The Morgan fingerprint density at radius 3 is 2.34 bits per heavy atom. The van der Waals surface area contributed by atoms with E-state index in [9.17, 15) is 19.1 Å². The lowest BCUT2D eigenvalue weighted by atomic mass is 9.65. The molecule has 9 nitrogen and oxygen atoms in total. The molecule has 1 amide bonds. The summed E-state index contributed by atoms with van der Waals surface area (Å²) in [6.45, 7) is 0.118. The molecule has 1 unspecified atom stereocenters. The molecule has 10 heteroatoms. The molecule has 3 aliphatic rings. The van der Waals surface area contributed by atoms with Crippen LogP contribution in [0.25, 0.3) is 0 Å². The van der Waals surface area contributed by atoms with Gasteiger partial charge in [0.25, 0.3) is 5.91 Å². The number of methoxy groups -OCH3 is 2. The highest BCUT2D eigenvalue weighted by Crippen LogP contribution is 2.55. The third-order valence-corrected chi connectivity index (χ3v) is 7.42. The molecular weight excluding hydrogens is 497 g/mol. The average Bonchev–Trinajstić information content (AvgIpc) is 3.54. The number of benzene rings is 3. The number of carbonyl (C=O) groups excluding carboxylic acids is 2. The lowest BCUT2D eigenvalue weighted by molar-refractivity contribution is -0.141. The van der Waals surface area contributed by atoms with Crippen LogP contribution in [0.3, 0.4) is 0 Å². The number of cyclic esters (lactones) is 1. The minimum atomic E-state index is -0.681. The fourth-order valence-corrected chi connectivity index (χ4v) is 5.70. The lowest BCUT2D eigenvalue weighted by Gasteiger charge is -2.39. The van der Waals surface area contributed by atoms with Gasteiger partial charge >= 0.3 is 5.97 Å². The van der Waals surface area contributed by atoms with Gasteiger partial charge in [-0.15, -0.1) is 0 Å². The van der Waals surface area contributed by atoms with Gasteiger partial charge in [-0.2, -0.15) is 0 Å². The van der Waals surface area contributed by atoms with Gasteiger partial charge in [-0.25, -0.2) is 4.39 Å². The van der Waals surface area contributed by atoms with Crippen molar-refractivity contribution in [1.29, 1.82) is 0 Å². The van der Waals surface area contributed by atoms with E-state index in [1.165, 1.54) is 32.4 Å². The second-order valence-corrected chi connectivity index (χ2v) is 9.37. The van der Waals surface area contributed by atoms with Crippen LogP contribution in [-0.2, 0) is 9.53 Å². The Balaban J connectivity index is 1.52. The Labute approximate surface area is 217 Å². The van der Waals surface area contributed by atoms with Crippen LogP contribution >= 0.6 is 0 Å². The van der Waals surface area contributed by atoms with E-state index >= 15 is 0 Å². The Morgan fingerprint density at radius 2 is 1.68 bits per heavy atom. The first-order valence-electron chi connectivity index (χ1n) is 12.0. The van der Waals surface area contributed by atoms with Gasteiger partial charge in [0.15, 0.2) is 23.0 Å². The lowest BCUT2D eigenvalue weighted by Crippen LogP contribution is -2.42. The maximum atomic E-state index is 13.8. The minimum absolute atomic E-state index is 0.0406. The van der Waals surface area contributed by atoms with E-state index in [0.717, 1.165) is 11.6 Å². The van der Waals surface area contributed by atoms with Gasteiger partial charge in [0.05, 0.1) is 32.8 Å². The van der Waals surface area contributed by atoms with Gasteiger partial charge in [0.2, 0.25) is 12.5 Å². The monoisotopic (exact) mass is 521 g/mol. The molecule has 1 aliphatic carbocycles. The smallest absolute Gasteiger partial charge is 0.310 e. The standard InChI is InChI=1S/C28H24FNO8/c1-34-21-7-14(8-22(35-2)26(21)31)23-16-9-19-20(38-12-37-19)10-17(16)25(18-11-36-28(33)24(18)23)30-27(32)13-4-3-5-15(29)6-13/h3-10,18,23-25,31H,11-12H2,1-2H3,(H,30,32)/t18?,23-,24+,25-/m1/s1. The van der Waals surface area contributed by atoms with E-state index in [4.69, 9.17) is 23.7 Å². The van der Waals surface area contributed by atoms with Crippen LogP contribution in [0.4, 0.5) is 4.39 Å². The zero-order chi connectivity index (χ0) is 26.6. The number of aromatic hydroxyl groups is 1. The third-order valence-electron chi connectivity index (χ3n) is 7.42. The summed E-state index contributed by atoms with van der Waals surface area (Å²) >= 11 is 0. The maximum absolute atomic E-state index is 13.8. The second kappa shape index (κ2) is 9.13. The first-order valence-corrected chi connectivity index (χ1v) is 12.0. The highest BCUT2D eigenvalue weighted by atomic mass is 19.1. The summed E-state index contributed by atoms with van der Waals surface area (Å²) in [6, 6.07) is 11.7. The van der Waals surface area contributed by atoms with E-state index in [-0.39, 0.29) is 36.2 Å². The van der Waals surface area contributed by atoms with E-state index in [2.05, 4.69) is 5.32 Å². The number of ether oxygens (including phenoxy) is 5. The molecular formula is C28H24FNO8. The van der Waals surface area contributed by atoms with Gasteiger partial charge in [0.1, 0.15) is 5.82 Å². The van der Waals surface area contributed by atoms with Crippen LogP contribution in [0.5, 0.6) is 28.7 Å². The minimum Gasteiger partial charge on any atom is -0.502 e. The number of esters is 1. The Bertz CT molecular complexity index is 1430. The highest BCUT2D eigenvalue weighted by Gasteiger charge is 2.53. The number of phenolic OH excluding ortho intramolecular Hbond substituents is 1. The summed E-state index contributed by atoms with van der Waals surface area (Å²) in [7, 11) is 2.85. The van der Waals surface area contributed by atoms with Crippen LogP contribution in [0.15, 0.2) is 48.5 Å². The van der Waals surface area contributed by atoms with E-state index < -0.39 is 41.5 Å². The highest BCUT2D eigenvalue weighted by molar-refractivity contribution is 5.94. The summed E-state index contributed by atoms with van der Waals surface area (Å²) in [5.74, 6) is -1.86. The predicted molar refractivity (Wildman–Crippen MR) is 130 cm³/mol. The zero-order valence-electron chi connectivity index (χ0n) is 20.5. The van der Waals surface area contributed by atoms with E-state index in [0.29, 0.717) is 22.6 Å². The quantitative estimate of drug-likeness (QED) is 0.489. The number of nitrogens with one attached hydrogen (secondary N) is 1. The zero-order valence-corrected chi connectivity index (χ0v) is 20.5. The van der Waals surface area contributed by atoms with Crippen molar-refractivity contribution in [2.45, 2.75) is 12.0 Å². The number of fused-ring (bicyclic) bond motifs is 3. The molecule has 6 rings (SSSR count). The molecule has 1 fully saturated rings. The summed E-state index contributed by atoms with van der Waals surface area (Å²) in [5, 5.41) is 13.5. The first-order chi connectivity index (χ1) is 18.4. The number of carbonyl (C=O) groups is 2. The molecule has 4 atom stereocenters. The fourth-order valence-electron chi connectivity index (χ4n) is 5.70. The van der Waals surface area contributed by atoms with Gasteiger partial charge in [0, 0.05) is 17.4 Å². The second-order valence-electron chi connectivity index (χ2n) is 9.37. The Morgan fingerprint density at radius 1 is 1.00 bits per heavy atom. The molecule has 1 saturated heterocycles. The van der Waals surface area contributed by atoms with E-state index in [1.807, 2.05) is 0 Å². The number of hydrogen-bond donors (Lipinski definition) is 2. The summed E-state index contributed by atoms with van der Waals surface area (Å²) in [5.41, 5.74) is 2.24. The van der Waals surface area contributed by atoms with Crippen LogP contribution < -0.4 is 24.3 Å². The van der Waals surface area contributed by atoms with Crippen LogP contribution in [-0.4, -0.2) is 44.6 Å². The molecule has 2 N–H and O–H groups in total. The first kappa shape index (κ1) is 23.9.